The molecule has 1 fully saturated rings. The molecule has 10 nitrogen and oxygen atoms in total. The van der Waals surface area contributed by atoms with Crippen LogP contribution >= 0.6 is 0 Å². The average Bonchev–Trinajstić information content (AvgIpc) is 3.13. The molecule has 1 amide bonds. The van der Waals surface area contributed by atoms with E-state index >= 15 is 0 Å². The van der Waals surface area contributed by atoms with Crippen LogP contribution in [0, 0.1) is 0 Å². The maximum absolute atomic E-state index is 13.0. The van der Waals surface area contributed by atoms with Gasteiger partial charge in [-0.3, -0.25) is 4.79 Å². The number of nitrogens with zero attached hydrogens (tertiary/aromatic N) is 6. The minimum atomic E-state index is -0.373. The van der Waals surface area contributed by atoms with Crippen LogP contribution in [0.3, 0.4) is 0 Å². The van der Waals surface area contributed by atoms with Crippen molar-refractivity contribution in [3.8, 4) is 0 Å². The van der Waals surface area contributed by atoms with Crippen LogP contribution in [0.2, 0.25) is 0 Å². The summed E-state index contributed by atoms with van der Waals surface area (Å²) < 4.78 is 8.37. The molecule has 0 aliphatic carbocycles. The van der Waals surface area contributed by atoms with E-state index < -0.39 is 0 Å². The van der Waals surface area contributed by atoms with Crippen molar-refractivity contribution in [1.82, 2.24) is 24.7 Å². The number of piperidine rings is 1. The Morgan fingerprint density at radius 1 is 1.12 bits per heavy atom. The molecule has 0 spiro atoms. The molecule has 2 heterocycles. The second-order valence-corrected chi connectivity index (χ2v) is 7.72. The lowest BCUT2D eigenvalue weighted by atomic mass is 9.85. The first-order chi connectivity index (χ1) is 14.5. The Hall–Kier alpha value is -2.27. The number of tetrazole rings is 1. The number of halogens is 1. The van der Waals surface area contributed by atoms with Crippen molar-refractivity contribution in [3.05, 3.63) is 40.8 Å². The van der Waals surface area contributed by atoms with Crippen molar-refractivity contribution in [2.45, 2.75) is 51.7 Å². The largest absolute Gasteiger partial charge is 1.00 e. The molecule has 180 valence electrons. The number of benzene rings is 1. The van der Waals surface area contributed by atoms with Gasteiger partial charge in [0.25, 0.3) is 0 Å². The summed E-state index contributed by atoms with van der Waals surface area (Å²) >= 11 is 0. The van der Waals surface area contributed by atoms with Crippen LogP contribution in [0.5, 0.6) is 0 Å². The minimum Gasteiger partial charge on any atom is -1.00 e. The summed E-state index contributed by atoms with van der Waals surface area (Å²) in [5.74, 6) is 0.106. The number of carbonyl (C=O) groups excluding carboxylic acids is 1. The van der Waals surface area contributed by atoms with Gasteiger partial charge in [-0.05, 0) is 42.3 Å². The summed E-state index contributed by atoms with van der Waals surface area (Å²) in [6.45, 7) is 7.64. The second-order valence-electron chi connectivity index (χ2n) is 7.72. The predicted octanol–water partition coefficient (Wildman–Crippen LogP) is -2.32. The fourth-order valence-corrected chi connectivity index (χ4v) is 4.19. The van der Waals surface area contributed by atoms with Crippen molar-refractivity contribution < 1.29 is 28.8 Å². The molecule has 1 aromatic heterocycles. The zero-order valence-corrected chi connectivity index (χ0v) is 19.8. The van der Waals surface area contributed by atoms with Crippen LogP contribution in [0.15, 0.2) is 35.1 Å². The molecule has 1 saturated heterocycles. The molecule has 0 unspecified atom stereocenters. The molecule has 1 aliphatic rings. The zero-order valence-electron chi connectivity index (χ0n) is 20.0. The maximum Gasteiger partial charge on any atom is 1.00 e. The van der Waals surface area contributed by atoms with Crippen LogP contribution in [0.4, 0.5) is 5.69 Å². The smallest absolute Gasteiger partial charge is 1.00 e. The Morgan fingerprint density at radius 2 is 1.75 bits per heavy atom. The minimum absolute atomic E-state index is 0. The monoisotopic (exact) mass is 470 g/mol. The Labute approximate surface area is 196 Å². The van der Waals surface area contributed by atoms with Crippen molar-refractivity contribution >= 4 is 11.6 Å². The number of carbonyl (C=O) groups is 1. The first-order valence-corrected chi connectivity index (χ1v) is 10.6. The zero-order chi connectivity index (χ0) is 21.6. The lowest BCUT2D eigenvalue weighted by Crippen LogP contribution is -3.00. The number of rotatable bonds is 9. The van der Waals surface area contributed by atoms with E-state index in [-0.39, 0.29) is 36.4 Å². The van der Waals surface area contributed by atoms with Crippen LogP contribution < -0.4 is 23.0 Å². The summed E-state index contributed by atoms with van der Waals surface area (Å²) in [6, 6.07) is 9.85. The molecular weight excluding hydrogens is 436 g/mol. The highest BCUT2D eigenvalue weighted by Gasteiger charge is 2.42. The summed E-state index contributed by atoms with van der Waals surface area (Å²) in [5.41, 5.74) is 0.367. The predicted molar refractivity (Wildman–Crippen MR) is 119 cm³/mol. The summed E-state index contributed by atoms with van der Waals surface area (Å²) in [4.78, 5) is 29.4. The van der Waals surface area contributed by atoms with E-state index in [0.717, 1.165) is 38.2 Å². The number of anilines is 1. The van der Waals surface area contributed by atoms with Crippen LogP contribution in [-0.2, 0) is 22.6 Å². The van der Waals surface area contributed by atoms with Gasteiger partial charge < -0.3 is 32.4 Å². The van der Waals surface area contributed by atoms with Crippen molar-refractivity contribution in [2.24, 2.45) is 0 Å². The molecule has 1 aliphatic heterocycles. The van der Waals surface area contributed by atoms with Gasteiger partial charge in [-0.15, -0.1) is 0 Å². The molecule has 3 rings (SSSR count). The first-order valence-electron chi connectivity index (χ1n) is 10.6. The van der Waals surface area contributed by atoms with E-state index in [1.54, 1.807) is 7.11 Å². The number of methoxy groups -OCH3 is 1. The van der Waals surface area contributed by atoms with Crippen LogP contribution in [-0.4, -0.2) is 75.0 Å². The number of amides is 1. The highest BCUT2D eigenvalue weighted by molar-refractivity contribution is 5.94. The number of para-hydroxylation sites is 1. The molecule has 0 bridgehead atoms. The number of aryl methyl sites for hydroxylation is 1. The summed E-state index contributed by atoms with van der Waals surface area (Å²) in [5, 5.41) is 7.82. The first kappa shape index (κ1) is 27.8. The van der Waals surface area contributed by atoms with Gasteiger partial charge in [0, 0.05) is 45.4 Å². The number of hydrogen-bond acceptors (Lipinski definition) is 6. The molecule has 0 atom stereocenters. The molecule has 2 N–H and O–H groups in total. The van der Waals surface area contributed by atoms with Gasteiger partial charge in [-0.2, -0.15) is 9.36 Å². The van der Waals surface area contributed by atoms with Gasteiger partial charge in [0.05, 0.1) is 18.7 Å². The fourth-order valence-electron chi connectivity index (χ4n) is 4.19. The van der Waals surface area contributed by atoms with Crippen molar-refractivity contribution in [3.63, 3.8) is 0 Å². The molecule has 1 aromatic carbocycles. The van der Waals surface area contributed by atoms with E-state index in [1.165, 1.54) is 9.36 Å². The van der Waals surface area contributed by atoms with Gasteiger partial charge >= 0.3 is 7.12 Å². The number of hydrogen-bond donors (Lipinski definition) is 0. The molecule has 2 aromatic rings. The Kier molecular flexibility index (Phi) is 11.0. The van der Waals surface area contributed by atoms with Gasteiger partial charge in [-0.1, -0.05) is 25.1 Å². The standard InChI is InChI=1S/C21H32N6O3.ClH.H2O/c1-4-19(28)27(18-9-7-6-8-10-18)21(17-30-3)11-13-24(14-12-21)15-16-26-20(29)25(5-2)22-23-26;;/h6-10H,4-5,11-17H2,1-3H3;1H;1H2. The number of aromatic nitrogens is 4. The molecule has 11 heteroatoms. The third-order valence-corrected chi connectivity index (χ3v) is 5.87. The lowest BCUT2D eigenvalue weighted by Gasteiger charge is -2.48. The second kappa shape index (κ2) is 12.7. The Morgan fingerprint density at radius 3 is 2.28 bits per heavy atom. The van der Waals surface area contributed by atoms with Gasteiger partial charge in [0.2, 0.25) is 5.91 Å². The fraction of sp³-hybridized carbons (Fsp3) is 0.619. The van der Waals surface area contributed by atoms with E-state index in [1.807, 2.05) is 49.1 Å². The van der Waals surface area contributed by atoms with E-state index in [0.29, 0.717) is 26.1 Å². The normalized spacial score (nSPS) is 15.5. The molecular formula is C21H35ClN6O4. The third kappa shape index (κ3) is 5.94. The number of ether oxygens (including phenoxy) is 1. The SMILES string of the molecule is CCC(=O)N(c1ccccc1)C1(COC)CCN(CCn2nnn(CC)c2=O)CC1.O.[Cl-].[H+]. The van der Waals surface area contributed by atoms with E-state index in [2.05, 4.69) is 15.3 Å². The topological polar surface area (TPSA) is 117 Å². The third-order valence-electron chi connectivity index (χ3n) is 5.87. The maximum atomic E-state index is 13.0. The quantitative estimate of drug-likeness (QED) is 0.406. The summed E-state index contributed by atoms with van der Waals surface area (Å²) in [7, 11) is 1.69. The van der Waals surface area contributed by atoms with Crippen molar-refractivity contribution in [2.75, 3.05) is 38.3 Å². The van der Waals surface area contributed by atoms with Gasteiger partial charge in [-0.25, -0.2) is 4.79 Å². The van der Waals surface area contributed by atoms with Crippen LogP contribution in [0.25, 0.3) is 0 Å². The highest BCUT2D eigenvalue weighted by Crippen LogP contribution is 2.34. The molecule has 32 heavy (non-hydrogen) atoms. The summed E-state index contributed by atoms with van der Waals surface area (Å²) in [6.07, 6.45) is 2.05. The lowest BCUT2D eigenvalue weighted by molar-refractivity contribution is -0.120. The number of likely N-dealkylation sites (tertiary alicyclic amines) is 1. The van der Waals surface area contributed by atoms with Gasteiger partial charge in [0.1, 0.15) is 0 Å². The van der Waals surface area contributed by atoms with E-state index in [9.17, 15) is 9.59 Å². The van der Waals surface area contributed by atoms with Crippen LogP contribution in [0.1, 0.15) is 34.5 Å². The van der Waals surface area contributed by atoms with Crippen molar-refractivity contribution in [1.29, 1.82) is 0 Å². The highest BCUT2D eigenvalue weighted by atomic mass is 35.5. The Bertz CT molecular complexity index is 886. The van der Waals surface area contributed by atoms with Gasteiger partial charge in [0.15, 0.2) is 0 Å². The molecule has 0 saturated carbocycles. The van der Waals surface area contributed by atoms with E-state index in [4.69, 9.17) is 4.74 Å². The average molecular weight is 471 g/mol. The Balaban J connectivity index is 0.00000341. The molecule has 0 radical (unpaired) electrons.